The van der Waals surface area contributed by atoms with Gasteiger partial charge in [-0.2, -0.15) is 0 Å². The van der Waals surface area contributed by atoms with Gasteiger partial charge in [-0.1, -0.05) is 0 Å². The van der Waals surface area contributed by atoms with E-state index >= 15 is 0 Å². The van der Waals surface area contributed by atoms with Crippen LogP contribution in [0.15, 0.2) is 30.3 Å². The number of anilines is 1. The topological polar surface area (TPSA) is 44.5 Å². The minimum Gasteiger partial charge on any atom is -0.488 e. The highest BCUT2D eigenvalue weighted by Crippen LogP contribution is 2.35. The highest BCUT2D eigenvalue weighted by molar-refractivity contribution is 5.58. The molecule has 2 rings (SSSR count). The van der Waals surface area contributed by atoms with Crippen LogP contribution in [-0.2, 0) is 0 Å². The lowest BCUT2D eigenvalue weighted by atomic mass is 10.2. The van der Waals surface area contributed by atoms with E-state index in [0.29, 0.717) is 11.3 Å². The van der Waals surface area contributed by atoms with E-state index in [-0.39, 0.29) is 29.1 Å². The molecule has 0 radical (unpaired) electrons. The third kappa shape index (κ3) is 3.62. The van der Waals surface area contributed by atoms with Gasteiger partial charge >= 0.3 is 0 Å². The van der Waals surface area contributed by atoms with Crippen molar-refractivity contribution in [2.75, 3.05) is 5.73 Å². The Morgan fingerprint density at radius 1 is 1.00 bits per heavy atom. The standard InChI is InChI=1S/C16H17F2NO2/c1-9(2)20-15-8-16(13(19)7-12(15)18)21-14-5-4-11(17)6-10(14)3/h4-9H,19H2,1-3H3. The van der Waals surface area contributed by atoms with Gasteiger partial charge in [-0.05, 0) is 44.5 Å². The zero-order valence-electron chi connectivity index (χ0n) is 12.1. The van der Waals surface area contributed by atoms with Gasteiger partial charge in [0.05, 0.1) is 11.8 Å². The second kappa shape index (κ2) is 5.99. The monoisotopic (exact) mass is 293 g/mol. The maximum atomic E-state index is 13.8. The number of aryl methyl sites for hydroxylation is 1. The van der Waals surface area contributed by atoms with Crippen molar-refractivity contribution in [1.82, 2.24) is 0 Å². The number of hydrogen-bond acceptors (Lipinski definition) is 3. The van der Waals surface area contributed by atoms with Crippen LogP contribution >= 0.6 is 0 Å². The zero-order chi connectivity index (χ0) is 15.6. The van der Waals surface area contributed by atoms with Crippen LogP contribution < -0.4 is 15.2 Å². The van der Waals surface area contributed by atoms with Crippen molar-refractivity contribution < 1.29 is 18.3 Å². The van der Waals surface area contributed by atoms with Gasteiger partial charge in [-0.15, -0.1) is 0 Å². The first-order valence-electron chi connectivity index (χ1n) is 6.56. The van der Waals surface area contributed by atoms with Crippen molar-refractivity contribution in [3.05, 3.63) is 47.5 Å². The van der Waals surface area contributed by atoms with Gasteiger partial charge in [0.1, 0.15) is 11.6 Å². The first kappa shape index (κ1) is 15.1. The molecule has 0 saturated carbocycles. The van der Waals surface area contributed by atoms with Gasteiger partial charge < -0.3 is 15.2 Å². The molecule has 2 N–H and O–H groups in total. The second-order valence-corrected chi connectivity index (χ2v) is 5.00. The first-order chi connectivity index (χ1) is 9.86. The van der Waals surface area contributed by atoms with Crippen LogP contribution in [0, 0.1) is 18.6 Å². The van der Waals surface area contributed by atoms with Crippen molar-refractivity contribution in [3.63, 3.8) is 0 Å². The minimum atomic E-state index is -0.552. The summed E-state index contributed by atoms with van der Waals surface area (Å²) in [5.74, 6) is -0.124. The lowest BCUT2D eigenvalue weighted by molar-refractivity contribution is 0.230. The van der Waals surface area contributed by atoms with E-state index in [1.54, 1.807) is 20.8 Å². The van der Waals surface area contributed by atoms with E-state index in [1.165, 1.54) is 24.3 Å². The van der Waals surface area contributed by atoms with Gasteiger partial charge in [0, 0.05) is 12.1 Å². The molecule has 0 spiro atoms. The van der Waals surface area contributed by atoms with Gasteiger partial charge in [-0.3, -0.25) is 0 Å². The fraction of sp³-hybridized carbons (Fsp3) is 0.250. The van der Waals surface area contributed by atoms with Crippen LogP contribution in [-0.4, -0.2) is 6.10 Å². The summed E-state index contributed by atoms with van der Waals surface area (Å²) in [5, 5.41) is 0. The van der Waals surface area contributed by atoms with E-state index in [2.05, 4.69) is 0 Å². The van der Waals surface area contributed by atoms with Crippen LogP contribution in [0.5, 0.6) is 17.2 Å². The Labute approximate surface area is 122 Å². The molecule has 2 aromatic rings. The molecule has 0 atom stereocenters. The van der Waals surface area contributed by atoms with Gasteiger partial charge in [0.15, 0.2) is 17.3 Å². The second-order valence-electron chi connectivity index (χ2n) is 5.00. The molecule has 0 saturated heterocycles. The number of nitrogens with two attached hydrogens (primary N) is 1. The minimum absolute atomic E-state index is 0.0639. The molecule has 2 aromatic carbocycles. The van der Waals surface area contributed by atoms with Gasteiger partial charge in [-0.25, -0.2) is 8.78 Å². The van der Waals surface area contributed by atoms with E-state index in [9.17, 15) is 8.78 Å². The smallest absolute Gasteiger partial charge is 0.167 e. The molecule has 5 heteroatoms. The third-order valence-corrected chi connectivity index (χ3v) is 2.78. The summed E-state index contributed by atoms with van der Waals surface area (Å²) in [6.07, 6.45) is -0.177. The number of ether oxygens (including phenoxy) is 2. The maximum absolute atomic E-state index is 13.8. The number of benzene rings is 2. The van der Waals surface area contributed by atoms with Crippen LogP contribution in [0.25, 0.3) is 0 Å². The summed E-state index contributed by atoms with van der Waals surface area (Å²) < 4.78 is 37.8. The van der Waals surface area contributed by atoms with E-state index < -0.39 is 5.82 Å². The van der Waals surface area contributed by atoms with E-state index in [1.807, 2.05) is 0 Å². The van der Waals surface area contributed by atoms with Gasteiger partial charge in [0.25, 0.3) is 0 Å². The zero-order valence-corrected chi connectivity index (χ0v) is 12.1. The Bertz CT molecular complexity index is 657. The summed E-state index contributed by atoms with van der Waals surface area (Å²) in [4.78, 5) is 0. The number of nitrogen functional groups attached to an aromatic ring is 1. The van der Waals surface area contributed by atoms with Crippen molar-refractivity contribution in [2.24, 2.45) is 0 Å². The highest BCUT2D eigenvalue weighted by atomic mass is 19.1. The molecule has 0 heterocycles. The molecule has 0 unspecified atom stereocenters. The average Bonchev–Trinajstić information content (AvgIpc) is 2.37. The molecule has 0 aliphatic heterocycles. The highest BCUT2D eigenvalue weighted by Gasteiger charge is 2.13. The van der Waals surface area contributed by atoms with Crippen molar-refractivity contribution in [1.29, 1.82) is 0 Å². The molecule has 21 heavy (non-hydrogen) atoms. The summed E-state index contributed by atoms with van der Waals surface area (Å²) >= 11 is 0. The molecule has 0 bridgehead atoms. The Hall–Kier alpha value is -2.30. The predicted molar refractivity (Wildman–Crippen MR) is 77.8 cm³/mol. The Balaban J connectivity index is 2.34. The average molecular weight is 293 g/mol. The van der Waals surface area contributed by atoms with Crippen LogP contribution in [0.4, 0.5) is 14.5 Å². The van der Waals surface area contributed by atoms with Crippen molar-refractivity contribution >= 4 is 5.69 Å². The fourth-order valence-corrected chi connectivity index (χ4v) is 1.83. The van der Waals surface area contributed by atoms with Crippen LogP contribution in [0.2, 0.25) is 0 Å². The number of hydrogen-bond donors (Lipinski definition) is 1. The van der Waals surface area contributed by atoms with E-state index in [0.717, 1.165) is 6.07 Å². The fourth-order valence-electron chi connectivity index (χ4n) is 1.83. The summed E-state index contributed by atoms with van der Waals surface area (Å²) in [6.45, 7) is 5.30. The molecular formula is C16H17F2NO2. The third-order valence-electron chi connectivity index (χ3n) is 2.78. The molecule has 0 amide bonds. The number of halogens is 2. The Morgan fingerprint density at radius 2 is 1.71 bits per heavy atom. The molecular weight excluding hydrogens is 276 g/mol. The molecule has 0 fully saturated rings. The lowest BCUT2D eigenvalue weighted by Crippen LogP contribution is -2.07. The summed E-state index contributed by atoms with van der Waals surface area (Å²) in [7, 11) is 0. The SMILES string of the molecule is Cc1cc(F)ccc1Oc1cc(OC(C)C)c(F)cc1N. The number of rotatable bonds is 4. The predicted octanol–water partition coefficient (Wildman–Crippen LogP) is 4.43. The van der Waals surface area contributed by atoms with Gasteiger partial charge in [0.2, 0.25) is 0 Å². The quantitative estimate of drug-likeness (QED) is 0.848. The maximum Gasteiger partial charge on any atom is 0.167 e. The Kier molecular flexibility index (Phi) is 4.31. The molecule has 3 nitrogen and oxygen atoms in total. The summed E-state index contributed by atoms with van der Waals surface area (Å²) in [5.41, 5.74) is 6.52. The normalized spacial score (nSPS) is 10.8. The van der Waals surface area contributed by atoms with Crippen molar-refractivity contribution in [2.45, 2.75) is 26.9 Å². The lowest BCUT2D eigenvalue weighted by Gasteiger charge is -2.15. The van der Waals surface area contributed by atoms with Crippen LogP contribution in [0.1, 0.15) is 19.4 Å². The first-order valence-corrected chi connectivity index (χ1v) is 6.56. The summed E-state index contributed by atoms with van der Waals surface area (Å²) in [6, 6.07) is 6.67. The largest absolute Gasteiger partial charge is 0.488 e. The molecule has 0 aromatic heterocycles. The van der Waals surface area contributed by atoms with Crippen molar-refractivity contribution in [3.8, 4) is 17.2 Å². The molecule has 0 aliphatic carbocycles. The molecule has 112 valence electrons. The van der Waals surface area contributed by atoms with E-state index in [4.69, 9.17) is 15.2 Å². The van der Waals surface area contributed by atoms with Crippen LogP contribution in [0.3, 0.4) is 0 Å². The molecule has 0 aliphatic rings. The Morgan fingerprint density at radius 3 is 2.33 bits per heavy atom.